The molecule has 3 rings (SSSR count). The second kappa shape index (κ2) is 8.19. The van der Waals surface area contributed by atoms with E-state index in [4.69, 9.17) is 4.42 Å². The minimum absolute atomic E-state index is 0.00367. The number of nitrogens with zero attached hydrogens (tertiary/aromatic N) is 2. The van der Waals surface area contributed by atoms with E-state index in [1.807, 2.05) is 19.1 Å². The van der Waals surface area contributed by atoms with Gasteiger partial charge in [-0.25, -0.2) is 0 Å². The molecule has 1 aliphatic rings. The molecule has 2 heterocycles. The summed E-state index contributed by atoms with van der Waals surface area (Å²) in [4.78, 5) is 15.2. The van der Waals surface area contributed by atoms with Gasteiger partial charge < -0.3 is 14.7 Å². The summed E-state index contributed by atoms with van der Waals surface area (Å²) in [6, 6.07) is 3.72. The van der Waals surface area contributed by atoms with E-state index in [9.17, 15) is 4.79 Å². The van der Waals surface area contributed by atoms with Gasteiger partial charge in [0.15, 0.2) is 0 Å². The third-order valence-electron chi connectivity index (χ3n) is 4.01. The van der Waals surface area contributed by atoms with Gasteiger partial charge >= 0.3 is 0 Å². The normalized spacial score (nSPS) is 15.8. The van der Waals surface area contributed by atoms with E-state index >= 15 is 0 Å². The lowest BCUT2D eigenvalue weighted by molar-refractivity contribution is -0.120. The van der Waals surface area contributed by atoms with Crippen LogP contribution in [0.1, 0.15) is 39.0 Å². The lowest BCUT2D eigenvalue weighted by Crippen LogP contribution is -2.31. The van der Waals surface area contributed by atoms with E-state index < -0.39 is 0 Å². The number of thioether (sulfide) groups is 1. The van der Waals surface area contributed by atoms with Crippen molar-refractivity contribution >= 4 is 17.7 Å². The molecular weight excluding hydrogens is 324 g/mol. The Morgan fingerprint density at radius 3 is 3.12 bits per heavy atom. The van der Waals surface area contributed by atoms with Crippen LogP contribution in [0.5, 0.6) is 0 Å². The molecule has 1 amide bonds. The fourth-order valence-electron chi connectivity index (χ4n) is 2.66. The molecule has 2 aromatic rings. The fourth-order valence-corrected chi connectivity index (χ4v) is 3.36. The smallest absolute Gasteiger partial charge is 0.277 e. The number of nitrogens with one attached hydrogen (secondary N) is 2. The molecule has 0 aliphatic heterocycles. The third kappa shape index (κ3) is 4.50. The van der Waals surface area contributed by atoms with Crippen molar-refractivity contribution in [1.29, 1.82) is 0 Å². The van der Waals surface area contributed by atoms with E-state index in [-0.39, 0.29) is 11.2 Å². The summed E-state index contributed by atoms with van der Waals surface area (Å²) < 4.78 is 5.57. The summed E-state index contributed by atoms with van der Waals surface area (Å²) in [6.07, 6.45) is 9.96. The Hall–Kier alpha value is -2.02. The molecular formula is C17H22N4O2S. The van der Waals surface area contributed by atoms with Gasteiger partial charge in [0.1, 0.15) is 5.69 Å². The van der Waals surface area contributed by atoms with Crippen molar-refractivity contribution < 1.29 is 9.21 Å². The minimum Gasteiger partial charge on any atom is -0.410 e. The van der Waals surface area contributed by atoms with Crippen molar-refractivity contribution in [2.45, 2.75) is 49.5 Å². The van der Waals surface area contributed by atoms with Gasteiger partial charge in [0, 0.05) is 12.7 Å². The van der Waals surface area contributed by atoms with Gasteiger partial charge in [0.05, 0.1) is 5.25 Å². The Bertz CT molecular complexity index is 693. The van der Waals surface area contributed by atoms with Gasteiger partial charge in [0.2, 0.25) is 5.91 Å². The first-order valence-corrected chi connectivity index (χ1v) is 9.20. The lowest BCUT2D eigenvalue weighted by Gasteiger charge is -2.14. The highest BCUT2D eigenvalue weighted by atomic mass is 32.2. The van der Waals surface area contributed by atoms with Crippen LogP contribution in [-0.4, -0.2) is 32.9 Å². The zero-order chi connectivity index (χ0) is 16.8. The number of amides is 1. The van der Waals surface area contributed by atoms with E-state index in [0.717, 1.165) is 12.1 Å². The maximum Gasteiger partial charge on any atom is 0.277 e. The molecule has 1 unspecified atom stereocenters. The molecule has 2 N–H and O–H groups in total. The standard InChI is InChI=1S/C17H22N4O2S/c1-12(15(22)19-11-9-13-6-3-2-4-7-13)24-17-21-20-16(23-17)14-8-5-10-18-14/h5-6,8,10,12,18H,2-4,7,9,11H2,1H3,(H,19,22). The summed E-state index contributed by atoms with van der Waals surface area (Å²) in [5.74, 6) is 0.426. The van der Waals surface area contributed by atoms with Crippen molar-refractivity contribution in [3.05, 3.63) is 30.0 Å². The van der Waals surface area contributed by atoms with E-state index in [1.165, 1.54) is 43.0 Å². The molecule has 1 aliphatic carbocycles. The molecule has 128 valence electrons. The molecule has 0 fully saturated rings. The highest BCUT2D eigenvalue weighted by molar-refractivity contribution is 8.00. The van der Waals surface area contributed by atoms with Crippen LogP contribution in [0.3, 0.4) is 0 Å². The van der Waals surface area contributed by atoms with Crippen molar-refractivity contribution in [2.75, 3.05) is 6.54 Å². The molecule has 0 saturated carbocycles. The monoisotopic (exact) mass is 346 g/mol. The second-order valence-electron chi connectivity index (χ2n) is 5.87. The van der Waals surface area contributed by atoms with Crippen molar-refractivity contribution in [2.24, 2.45) is 0 Å². The molecule has 0 radical (unpaired) electrons. The summed E-state index contributed by atoms with van der Waals surface area (Å²) in [7, 11) is 0. The van der Waals surface area contributed by atoms with Gasteiger partial charge in [-0.05, 0) is 51.2 Å². The van der Waals surface area contributed by atoms with Crippen LogP contribution >= 0.6 is 11.8 Å². The van der Waals surface area contributed by atoms with Crippen LogP contribution in [0.2, 0.25) is 0 Å². The molecule has 1 atom stereocenters. The maximum absolute atomic E-state index is 12.2. The molecule has 0 aromatic carbocycles. The molecule has 0 spiro atoms. The summed E-state index contributed by atoms with van der Waals surface area (Å²) >= 11 is 1.27. The first-order chi connectivity index (χ1) is 11.7. The average Bonchev–Trinajstić information content (AvgIpc) is 3.27. The number of carbonyl (C=O) groups is 1. The third-order valence-corrected chi connectivity index (χ3v) is 4.95. The van der Waals surface area contributed by atoms with Gasteiger partial charge in [-0.1, -0.05) is 23.4 Å². The molecule has 24 heavy (non-hydrogen) atoms. The van der Waals surface area contributed by atoms with Crippen LogP contribution < -0.4 is 5.32 Å². The summed E-state index contributed by atoms with van der Waals surface area (Å²) in [5, 5.41) is 11.1. The lowest BCUT2D eigenvalue weighted by atomic mass is 9.97. The second-order valence-corrected chi connectivity index (χ2v) is 7.16. The van der Waals surface area contributed by atoms with Crippen LogP contribution in [0, 0.1) is 0 Å². The SMILES string of the molecule is CC(Sc1nnc(-c2ccc[nH]2)o1)C(=O)NCCC1=CCCCC1. The number of hydrogen-bond acceptors (Lipinski definition) is 5. The number of rotatable bonds is 7. The van der Waals surface area contributed by atoms with Crippen LogP contribution in [0.15, 0.2) is 39.6 Å². The summed E-state index contributed by atoms with van der Waals surface area (Å²) in [5.41, 5.74) is 2.24. The van der Waals surface area contributed by atoms with Crippen LogP contribution in [-0.2, 0) is 4.79 Å². The Kier molecular flexibility index (Phi) is 5.74. The molecule has 0 bridgehead atoms. The number of H-pyrrole nitrogens is 1. The minimum atomic E-state index is -0.276. The van der Waals surface area contributed by atoms with Gasteiger partial charge in [-0.2, -0.15) is 0 Å². The zero-order valence-electron chi connectivity index (χ0n) is 13.7. The quantitative estimate of drug-likeness (QED) is 0.592. The van der Waals surface area contributed by atoms with E-state index in [2.05, 4.69) is 26.6 Å². The van der Waals surface area contributed by atoms with Crippen molar-refractivity contribution in [1.82, 2.24) is 20.5 Å². The highest BCUT2D eigenvalue weighted by Gasteiger charge is 2.18. The van der Waals surface area contributed by atoms with Gasteiger partial charge in [0.25, 0.3) is 11.1 Å². The predicted molar refractivity (Wildman–Crippen MR) is 93.6 cm³/mol. The number of hydrogen-bond donors (Lipinski definition) is 2. The largest absolute Gasteiger partial charge is 0.410 e. The number of carbonyl (C=O) groups excluding carboxylic acids is 1. The maximum atomic E-state index is 12.2. The fraction of sp³-hybridized carbons (Fsp3) is 0.471. The molecule has 6 nitrogen and oxygen atoms in total. The Labute approximate surface area is 145 Å². The van der Waals surface area contributed by atoms with Crippen LogP contribution in [0.4, 0.5) is 0 Å². The Balaban J connectivity index is 1.45. The number of allylic oxidation sites excluding steroid dienone is 1. The Morgan fingerprint density at radius 2 is 2.38 bits per heavy atom. The van der Waals surface area contributed by atoms with E-state index in [0.29, 0.717) is 17.7 Å². The van der Waals surface area contributed by atoms with Crippen molar-refractivity contribution in [3.63, 3.8) is 0 Å². The zero-order valence-corrected chi connectivity index (χ0v) is 14.6. The first kappa shape index (κ1) is 16.8. The van der Waals surface area contributed by atoms with Gasteiger partial charge in [-0.3, -0.25) is 4.79 Å². The van der Waals surface area contributed by atoms with Gasteiger partial charge in [-0.15, -0.1) is 10.2 Å². The Morgan fingerprint density at radius 1 is 1.46 bits per heavy atom. The molecule has 2 aromatic heterocycles. The average molecular weight is 346 g/mol. The number of aromatic nitrogens is 3. The highest BCUT2D eigenvalue weighted by Crippen LogP contribution is 2.25. The predicted octanol–water partition coefficient (Wildman–Crippen LogP) is 3.55. The first-order valence-electron chi connectivity index (χ1n) is 8.32. The molecule has 7 heteroatoms. The summed E-state index contributed by atoms with van der Waals surface area (Å²) in [6.45, 7) is 2.53. The van der Waals surface area contributed by atoms with Crippen molar-refractivity contribution in [3.8, 4) is 11.6 Å². The van der Waals surface area contributed by atoms with Crippen LogP contribution in [0.25, 0.3) is 11.6 Å². The number of aromatic amines is 1. The topological polar surface area (TPSA) is 83.8 Å². The molecule has 0 saturated heterocycles. The van der Waals surface area contributed by atoms with E-state index in [1.54, 1.807) is 6.20 Å².